The maximum atomic E-state index is 13.0. The number of amides is 1. The molecule has 1 atom stereocenters. The van der Waals surface area contributed by atoms with E-state index < -0.39 is 9.84 Å². The lowest BCUT2D eigenvalue weighted by Crippen LogP contribution is -2.42. The fourth-order valence-electron chi connectivity index (χ4n) is 4.28. The molecular weight excluding hydrogens is 432 g/mol. The average molecular weight is 455 g/mol. The Balaban J connectivity index is 1.50. The van der Waals surface area contributed by atoms with Crippen LogP contribution in [0.5, 0.6) is 0 Å². The molecule has 2 aromatic carbocycles. The molecule has 0 spiro atoms. The van der Waals surface area contributed by atoms with Gasteiger partial charge in [0.25, 0.3) is 0 Å². The van der Waals surface area contributed by atoms with Gasteiger partial charge in [-0.25, -0.2) is 18.4 Å². The fourth-order valence-corrected chi connectivity index (χ4v) is 6.90. The van der Waals surface area contributed by atoms with Gasteiger partial charge in [-0.05, 0) is 37.6 Å². The zero-order valence-electron chi connectivity index (χ0n) is 17.1. The molecule has 0 radical (unpaired) electrons. The lowest BCUT2D eigenvalue weighted by atomic mass is 10.2. The summed E-state index contributed by atoms with van der Waals surface area (Å²) < 4.78 is 25.7. The van der Waals surface area contributed by atoms with Crippen molar-refractivity contribution >= 4 is 55.1 Å². The maximum Gasteiger partial charge on any atom is 0.233 e. The third-order valence-corrected chi connectivity index (χ3v) is 8.42. The first-order valence-corrected chi connectivity index (χ1v) is 13.1. The number of imidazole rings is 1. The van der Waals surface area contributed by atoms with E-state index >= 15 is 0 Å². The predicted molar refractivity (Wildman–Crippen MR) is 123 cm³/mol. The minimum atomic E-state index is -3.05. The second-order valence-corrected chi connectivity index (χ2v) is 10.9. The van der Waals surface area contributed by atoms with Gasteiger partial charge in [0.1, 0.15) is 5.65 Å². The molecule has 0 bridgehead atoms. The Kier molecular flexibility index (Phi) is 5.10. The van der Waals surface area contributed by atoms with Gasteiger partial charge in [0, 0.05) is 18.0 Å². The molecule has 4 aromatic rings. The van der Waals surface area contributed by atoms with E-state index in [0.29, 0.717) is 18.1 Å². The molecule has 0 saturated carbocycles. The Bertz CT molecular complexity index is 1410. The van der Waals surface area contributed by atoms with E-state index in [1.54, 1.807) is 4.90 Å². The molecule has 1 saturated heterocycles. The molecular formula is C22H22N4O3S2. The number of thioether (sulfide) groups is 1. The van der Waals surface area contributed by atoms with E-state index in [2.05, 4.69) is 0 Å². The lowest BCUT2D eigenvalue weighted by Gasteiger charge is -2.26. The highest BCUT2D eigenvalue weighted by molar-refractivity contribution is 7.99. The molecule has 160 valence electrons. The normalized spacial score (nSPS) is 18.2. The van der Waals surface area contributed by atoms with Crippen LogP contribution in [0.1, 0.15) is 13.3 Å². The maximum absolute atomic E-state index is 13.0. The molecule has 0 aliphatic carbocycles. The third kappa shape index (κ3) is 3.65. The van der Waals surface area contributed by atoms with Crippen molar-refractivity contribution in [2.45, 2.75) is 24.5 Å². The summed E-state index contributed by atoms with van der Waals surface area (Å²) in [5.74, 6) is 0.337. The molecule has 1 aliphatic heterocycles. The van der Waals surface area contributed by atoms with Crippen LogP contribution in [0.25, 0.3) is 27.6 Å². The number of nitrogens with zero attached hydrogens (tertiary/aromatic N) is 4. The van der Waals surface area contributed by atoms with Crippen molar-refractivity contribution in [3.05, 3.63) is 48.5 Å². The predicted octanol–water partition coefficient (Wildman–Crippen LogP) is 3.16. The summed E-state index contributed by atoms with van der Waals surface area (Å²) >= 11 is 1.37. The van der Waals surface area contributed by atoms with Crippen molar-refractivity contribution in [1.82, 2.24) is 19.3 Å². The first kappa shape index (κ1) is 20.3. The van der Waals surface area contributed by atoms with Crippen LogP contribution in [0.4, 0.5) is 0 Å². The number of hydrogen-bond acceptors (Lipinski definition) is 6. The summed E-state index contributed by atoms with van der Waals surface area (Å²) in [5, 5.41) is 1.66. The van der Waals surface area contributed by atoms with E-state index in [4.69, 9.17) is 9.97 Å². The number of carbonyl (C=O) groups is 1. The number of para-hydroxylation sites is 3. The summed E-state index contributed by atoms with van der Waals surface area (Å²) in [4.78, 5) is 24.3. The van der Waals surface area contributed by atoms with Crippen molar-refractivity contribution in [3.63, 3.8) is 0 Å². The van der Waals surface area contributed by atoms with Gasteiger partial charge in [0.15, 0.2) is 15.0 Å². The molecule has 7 nitrogen and oxygen atoms in total. The third-order valence-electron chi connectivity index (χ3n) is 5.75. The quantitative estimate of drug-likeness (QED) is 0.340. The SMILES string of the molecule is CCN(C(=O)CSc1nc2ccccc2c2nc3ccccc3n12)C1CCS(=O)(=O)C1. The summed E-state index contributed by atoms with van der Waals surface area (Å²) in [6.07, 6.45) is 0.511. The zero-order valence-corrected chi connectivity index (χ0v) is 18.7. The van der Waals surface area contributed by atoms with Crippen LogP contribution in [0.3, 0.4) is 0 Å². The number of rotatable bonds is 5. The number of hydrogen-bond donors (Lipinski definition) is 0. The molecule has 1 aliphatic rings. The smallest absolute Gasteiger partial charge is 0.233 e. The first-order valence-electron chi connectivity index (χ1n) is 10.3. The van der Waals surface area contributed by atoms with Gasteiger partial charge in [0.05, 0.1) is 33.8 Å². The van der Waals surface area contributed by atoms with E-state index in [1.165, 1.54) is 11.8 Å². The average Bonchev–Trinajstić information content (AvgIpc) is 3.33. The van der Waals surface area contributed by atoms with Crippen molar-refractivity contribution in [2.24, 2.45) is 0 Å². The van der Waals surface area contributed by atoms with E-state index in [9.17, 15) is 13.2 Å². The molecule has 1 amide bonds. The van der Waals surface area contributed by atoms with E-state index in [0.717, 1.165) is 27.6 Å². The van der Waals surface area contributed by atoms with Crippen molar-refractivity contribution in [3.8, 4) is 0 Å². The van der Waals surface area contributed by atoms with Crippen LogP contribution in [0.15, 0.2) is 53.7 Å². The molecule has 2 aromatic heterocycles. The van der Waals surface area contributed by atoms with Crippen LogP contribution in [-0.4, -0.2) is 63.4 Å². The second kappa shape index (κ2) is 7.80. The van der Waals surface area contributed by atoms with Gasteiger partial charge in [-0.2, -0.15) is 0 Å². The second-order valence-electron chi connectivity index (χ2n) is 7.70. The van der Waals surface area contributed by atoms with Crippen LogP contribution >= 0.6 is 11.8 Å². The summed E-state index contributed by atoms with van der Waals surface area (Å²) in [7, 11) is -3.05. The summed E-state index contributed by atoms with van der Waals surface area (Å²) in [6.45, 7) is 2.39. The Labute approximate surface area is 184 Å². The van der Waals surface area contributed by atoms with Gasteiger partial charge in [0.2, 0.25) is 5.91 Å². The summed E-state index contributed by atoms with van der Waals surface area (Å²) in [6, 6.07) is 15.5. The number of benzene rings is 2. The topological polar surface area (TPSA) is 84.6 Å². The lowest BCUT2D eigenvalue weighted by molar-refractivity contribution is -0.129. The summed E-state index contributed by atoms with van der Waals surface area (Å²) in [5.41, 5.74) is 3.46. The Hall–Kier alpha value is -2.65. The van der Waals surface area contributed by atoms with Gasteiger partial charge < -0.3 is 4.90 Å². The monoisotopic (exact) mass is 454 g/mol. The van der Waals surface area contributed by atoms with E-state index in [1.807, 2.05) is 59.9 Å². The number of sulfone groups is 1. The zero-order chi connectivity index (χ0) is 21.6. The number of fused-ring (bicyclic) bond motifs is 5. The standard InChI is InChI=1S/C22H22N4O3S2/c1-2-25(15-11-12-31(28,29)14-15)20(27)13-30-22-24-17-8-4-3-7-16(17)21-23-18-9-5-6-10-19(18)26(21)22/h3-10,15H,2,11-14H2,1H3. The number of aromatic nitrogens is 3. The largest absolute Gasteiger partial charge is 0.338 e. The van der Waals surface area contributed by atoms with Crippen molar-refractivity contribution in [1.29, 1.82) is 0 Å². The van der Waals surface area contributed by atoms with Crippen LogP contribution in [0.2, 0.25) is 0 Å². The van der Waals surface area contributed by atoms with Crippen molar-refractivity contribution in [2.75, 3.05) is 23.8 Å². The molecule has 9 heteroatoms. The van der Waals surface area contributed by atoms with Crippen LogP contribution in [0, 0.1) is 0 Å². The van der Waals surface area contributed by atoms with Gasteiger partial charge in [-0.1, -0.05) is 36.0 Å². The highest BCUT2D eigenvalue weighted by atomic mass is 32.2. The Morgan fingerprint density at radius 2 is 1.87 bits per heavy atom. The minimum absolute atomic E-state index is 0.0574. The highest BCUT2D eigenvalue weighted by Crippen LogP contribution is 2.29. The highest BCUT2D eigenvalue weighted by Gasteiger charge is 2.33. The first-order chi connectivity index (χ1) is 15.0. The Morgan fingerprint density at radius 3 is 2.61 bits per heavy atom. The molecule has 1 fully saturated rings. The van der Waals surface area contributed by atoms with Gasteiger partial charge in [-0.15, -0.1) is 0 Å². The van der Waals surface area contributed by atoms with E-state index in [-0.39, 0.29) is 29.2 Å². The van der Waals surface area contributed by atoms with Crippen LogP contribution in [-0.2, 0) is 14.6 Å². The molecule has 3 heterocycles. The molecule has 31 heavy (non-hydrogen) atoms. The van der Waals surface area contributed by atoms with Crippen molar-refractivity contribution < 1.29 is 13.2 Å². The van der Waals surface area contributed by atoms with Gasteiger partial charge >= 0.3 is 0 Å². The molecule has 0 N–H and O–H groups in total. The van der Waals surface area contributed by atoms with Crippen LogP contribution < -0.4 is 0 Å². The fraction of sp³-hybridized carbons (Fsp3) is 0.318. The Morgan fingerprint density at radius 1 is 1.13 bits per heavy atom. The molecule has 1 unspecified atom stereocenters. The number of carbonyl (C=O) groups excluding carboxylic acids is 1. The van der Waals surface area contributed by atoms with Gasteiger partial charge in [-0.3, -0.25) is 9.20 Å². The minimum Gasteiger partial charge on any atom is -0.338 e. The molecule has 5 rings (SSSR count).